The third-order valence-electron chi connectivity index (χ3n) is 3.09. The number of aliphatic hydroxyl groups is 1. The average molecular weight is 256 g/mol. The van der Waals surface area contributed by atoms with Gasteiger partial charge in [0.25, 0.3) is 0 Å². The number of benzene rings is 1. The molecule has 0 bridgehead atoms. The zero-order valence-corrected chi connectivity index (χ0v) is 9.73. The first-order valence-corrected chi connectivity index (χ1v) is 5.90. The van der Waals surface area contributed by atoms with E-state index in [1.807, 2.05) is 0 Å². The topological polar surface area (TPSA) is 46.5 Å². The van der Waals surface area contributed by atoms with Gasteiger partial charge in [0.1, 0.15) is 12.4 Å². The van der Waals surface area contributed by atoms with Crippen LogP contribution in [-0.4, -0.2) is 23.6 Å². The van der Waals surface area contributed by atoms with Crippen molar-refractivity contribution in [1.29, 1.82) is 0 Å². The molecule has 0 heterocycles. The number of carbonyl (C=O) groups excluding carboxylic acids is 1. The summed E-state index contributed by atoms with van der Waals surface area (Å²) in [5.74, 6) is -2.36. The van der Waals surface area contributed by atoms with Crippen LogP contribution in [0.3, 0.4) is 0 Å². The first kappa shape index (κ1) is 13.0. The van der Waals surface area contributed by atoms with E-state index in [9.17, 15) is 18.7 Å². The molecule has 98 valence electrons. The Balaban J connectivity index is 2.20. The van der Waals surface area contributed by atoms with E-state index < -0.39 is 29.6 Å². The summed E-state index contributed by atoms with van der Waals surface area (Å²) in [5.41, 5.74) is -0.0819. The Morgan fingerprint density at radius 2 is 1.83 bits per heavy atom. The fourth-order valence-corrected chi connectivity index (χ4v) is 2.13. The van der Waals surface area contributed by atoms with Gasteiger partial charge in [-0.15, -0.1) is 0 Å². The van der Waals surface area contributed by atoms with Crippen molar-refractivity contribution in [3.05, 3.63) is 29.3 Å². The van der Waals surface area contributed by atoms with Crippen LogP contribution in [0.15, 0.2) is 12.1 Å². The molecule has 5 heteroatoms. The lowest BCUT2D eigenvalue weighted by atomic mass is 9.95. The van der Waals surface area contributed by atoms with E-state index in [0.717, 1.165) is 25.0 Å². The number of ether oxygens (including phenoxy) is 1. The van der Waals surface area contributed by atoms with E-state index in [4.69, 9.17) is 4.74 Å². The number of carbonyl (C=O) groups is 1. The molecule has 1 aliphatic carbocycles. The number of aldehydes is 1. The Labute approximate surface area is 103 Å². The van der Waals surface area contributed by atoms with Gasteiger partial charge in [-0.2, -0.15) is 0 Å². The molecule has 1 aliphatic rings. The van der Waals surface area contributed by atoms with Crippen LogP contribution >= 0.6 is 0 Å². The molecule has 1 N–H and O–H groups in total. The van der Waals surface area contributed by atoms with Crippen LogP contribution in [0.4, 0.5) is 8.78 Å². The fraction of sp³-hybridized carbons (Fsp3) is 0.462. The smallest absolute Gasteiger partial charge is 0.191 e. The molecule has 0 saturated heterocycles. The predicted octanol–water partition coefficient (Wildman–Crippen LogP) is 2.46. The molecule has 18 heavy (non-hydrogen) atoms. The van der Waals surface area contributed by atoms with Crippen molar-refractivity contribution < 1.29 is 23.4 Å². The maximum atomic E-state index is 13.6. The van der Waals surface area contributed by atoms with Gasteiger partial charge in [-0.25, -0.2) is 8.78 Å². The van der Waals surface area contributed by atoms with Gasteiger partial charge in [0.2, 0.25) is 0 Å². The zero-order chi connectivity index (χ0) is 13.1. The molecule has 1 fully saturated rings. The summed E-state index contributed by atoms with van der Waals surface area (Å²) >= 11 is 0. The summed E-state index contributed by atoms with van der Waals surface area (Å²) in [6.45, 7) is 0. The molecule has 0 radical (unpaired) electrons. The molecule has 1 aromatic rings. The highest BCUT2D eigenvalue weighted by Crippen LogP contribution is 2.28. The summed E-state index contributed by atoms with van der Waals surface area (Å²) in [6, 6.07) is 1.83. The maximum Gasteiger partial charge on any atom is 0.191 e. The molecule has 2 atom stereocenters. The van der Waals surface area contributed by atoms with E-state index in [-0.39, 0.29) is 5.56 Å². The van der Waals surface area contributed by atoms with E-state index >= 15 is 0 Å². The molecular weight excluding hydrogens is 242 g/mol. The van der Waals surface area contributed by atoms with Crippen LogP contribution in [0.5, 0.6) is 5.75 Å². The second-order valence-electron chi connectivity index (χ2n) is 4.44. The highest BCUT2D eigenvalue weighted by molar-refractivity contribution is 5.75. The summed E-state index contributed by atoms with van der Waals surface area (Å²) in [5, 5.41) is 9.69. The largest absolute Gasteiger partial charge is 0.482 e. The number of aliphatic hydroxyl groups excluding tert-OH is 1. The van der Waals surface area contributed by atoms with Gasteiger partial charge in [0, 0.05) is 5.56 Å². The number of hydrogen-bond donors (Lipinski definition) is 1. The first-order chi connectivity index (χ1) is 8.61. The standard InChI is InChI=1S/C13H14F2O3/c14-9-5-8(7-16)6-10(15)13(9)18-12-4-2-1-3-11(12)17/h5-7,11-12,17H,1-4H2. The lowest BCUT2D eigenvalue weighted by Gasteiger charge is -2.28. The van der Waals surface area contributed by atoms with E-state index in [1.165, 1.54) is 0 Å². The quantitative estimate of drug-likeness (QED) is 0.845. The maximum absolute atomic E-state index is 13.6. The predicted molar refractivity (Wildman–Crippen MR) is 60.6 cm³/mol. The van der Waals surface area contributed by atoms with Crippen LogP contribution in [0.1, 0.15) is 36.0 Å². The van der Waals surface area contributed by atoms with Gasteiger partial charge in [-0.3, -0.25) is 4.79 Å². The second kappa shape index (κ2) is 5.44. The second-order valence-corrected chi connectivity index (χ2v) is 4.44. The monoisotopic (exact) mass is 256 g/mol. The molecule has 2 unspecified atom stereocenters. The molecule has 0 aromatic heterocycles. The van der Waals surface area contributed by atoms with Crippen molar-refractivity contribution in [3.63, 3.8) is 0 Å². The third kappa shape index (κ3) is 2.67. The average Bonchev–Trinajstić information content (AvgIpc) is 2.35. The van der Waals surface area contributed by atoms with Gasteiger partial charge in [-0.1, -0.05) is 6.42 Å². The van der Waals surface area contributed by atoms with E-state index in [0.29, 0.717) is 19.1 Å². The highest BCUT2D eigenvalue weighted by atomic mass is 19.1. The summed E-state index contributed by atoms with van der Waals surface area (Å²) in [7, 11) is 0. The van der Waals surface area contributed by atoms with Gasteiger partial charge >= 0.3 is 0 Å². The van der Waals surface area contributed by atoms with E-state index in [1.54, 1.807) is 0 Å². The molecule has 3 nitrogen and oxygen atoms in total. The van der Waals surface area contributed by atoms with Crippen molar-refractivity contribution in [3.8, 4) is 5.75 Å². The fourth-order valence-electron chi connectivity index (χ4n) is 2.13. The van der Waals surface area contributed by atoms with Crippen LogP contribution in [0, 0.1) is 11.6 Å². The zero-order valence-electron chi connectivity index (χ0n) is 9.73. The van der Waals surface area contributed by atoms with Crippen molar-refractivity contribution >= 4 is 6.29 Å². The van der Waals surface area contributed by atoms with Crippen molar-refractivity contribution in [1.82, 2.24) is 0 Å². The Morgan fingerprint density at radius 3 is 2.39 bits per heavy atom. The van der Waals surface area contributed by atoms with Gasteiger partial charge in [0.15, 0.2) is 17.4 Å². The van der Waals surface area contributed by atoms with Crippen molar-refractivity contribution in [2.24, 2.45) is 0 Å². The van der Waals surface area contributed by atoms with Gasteiger partial charge in [0.05, 0.1) is 6.10 Å². The summed E-state index contributed by atoms with van der Waals surface area (Å²) in [6.07, 6.45) is 1.95. The van der Waals surface area contributed by atoms with E-state index in [2.05, 4.69) is 0 Å². The SMILES string of the molecule is O=Cc1cc(F)c(OC2CCCCC2O)c(F)c1. The molecule has 0 amide bonds. The van der Waals surface area contributed by atoms with Gasteiger partial charge in [-0.05, 0) is 31.4 Å². The molecular formula is C13H14F2O3. The minimum Gasteiger partial charge on any atom is -0.482 e. The normalized spacial score (nSPS) is 23.7. The van der Waals surface area contributed by atoms with Crippen molar-refractivity contribution in [2.75, 3.05) is 0 Å². The minimum atomic E-state index is -0.921. The Kier molecular flexibility index (Phi) is 3.91. The molecule has 1 aromatic carbocycles. The Hall–Kier alpha value is -1.49. The lowest BCUT2D eigenvalue weighted by molar-refractivity contribution is 0.00296. The van der Waals surface area contributed by atoms with Crippen molar-refractivity contribution in [2.45, 2.75) is 37.9 Å². The molecule has 0 spiro atoms. The Morgan fingerprint density at radius 1 is 1.22 bits per heavy atom. The molecule has 1 saturated carbocycles. The highest BCUT2D eigenvalue weighted by Gasteiger charge is 2.27. The minimum absolute atomic E-state index is 0.0819. The lowest BCUT2D eigenvalue weighted by Crippen LogP contribution is -2.35. The number of hydrogen-bond acceptors (Lipinski definition) is 3. The Bertz CT molecular complexity index is 425. The first-order valence-electron chi connectivity index (χ1n) is 5.90. The van der Waals surface area contributed by atoms with Crippen LogP contribution < -0.4 is 4.74 Å². The molecule has 2 rings (SSSR count). The number of halogens is 2. The third-order valence-corrected chi connectivity index (χ3v) is 3.09. The molecule has 0 aliphatic heterocycles. The van der Waals surface area contributed by atoms with Gasteiger partial charge < -0.3 is 9.84 Å². The van der Waals surface area contributed by atoms with Crippen LogP contribution in [0.2, 0.25) is 0 Å². The van der Waals surface area contributed by atoms with Crippen LogP contribution in [-0.2, 0) is 0 Å². The summed E-state index contributed by atoms with van der Waals surface area (Å²) in [4.78, 5) is 10.5. The van der Waals surface area contributed by atoms with Crippen LogP contribution in [0.25, 0.3) is 0 Å². The summed E-state index contributed by atoms with van der Waals surface area (Å²) < 4.78 is 32.4. The number of rotatable bonds is 3.